The number of ether oxygens (including phenoxy) is 3. The van der Waals surface area contributed by atoms with Crippen molar-refractivity contribution in [2.75, 3.05) is 26.0 Å². The van der Waals surface area contributed by atoms with Crippen LogP contribution in [0, 0.1) is 11.6 Å². The number of hydrogen-bond donors (Lipinski definition) is 1. The molecule has 2 aliphatic rings. The first-order valence-corrected chi connectivity index (χ1v) is 13.4. The third kappa shape index (κ3) is 5.24. The molecule has 0 saturated carbocycles. The van der Waals surface area contributed by atoms with Gasteiger partial charge in [0.15, 0.2) is 17.3 Å². The van der Waals surface area contributed by atoms with Crippen molar-refractivity contribution in [3.05, 3.63) is 80.6 Å². The molecule has 222 valence electrons. The van der Waals surface area contributed by atoms with Crippen LogP contribution < -0.4 is 15.6 Å². The molecule has 0 fully saturated rings. The van der Waals surface area contributed by atoms with Gasteiger partial charge in [-0.2, -0.15) is 13.2 Å². The standard InChI is InChI=1S/C27H22F5N3O6S/c1-13(27(30,31)32)34-11-33-35-19(9-20(36)24(23(35)25(34)37)40-12-41-26(38)39-2)16-8-18(28)22(29)17-10-42-21-6-4-3-5-14(21)7-15(16)17/h3-6,8-9,13,33H,7,10-12H2,1-2H3/t13-/m1/s1. The van der Waals surface area contributed by atoms with E-state index in [0.717, 1.165) is 41.3 Å². The largest absolute Gasteiger partial charge is 0.510 e. The smallest absolute Gasteiger partial charge is 0.451 e. The van der Waals surface area contributed by atoms with Crippen molar-refractivity contribution in [1.82, 2.24) is 9.58 Å². The number of pyridine rings is 1. The van der Waals surface area contributed by atoms with Gasteiger partial charge < -0.3 is 24.5 Å². The van der Waals surface area contributed by atoms with Crippen LogP contribution >= 0.6 is 11.8 Å². The number of carbonyl (C=O) groups excluding carboxylic acids is 2. The van der Waals surface area contributed by atoms with Gasteiger partial charge in [-0.15, -0.1) is 11.8 Å². The van der Waals surface area contributed by atoms with E-state index in [1.807, 2.05) is 18.2 Å². The maximum atomic E-state index is 15.1. The number of carbonyl (C=O) groups is 2. The Morgan fingerprint density at radius 1 is 1.14 bits per heavy atom. The average Bonchev–Trinajstić information content (AvgIpc) is 3.15. The molecule has 0 radical (unpaired) electrons. The van der Waals surface area contributed by atoms with E-state index in [1.54, 1.807) is 6.07 Å². The highest BCUT2D eigenvalue weighted by atomic mass is 32.2. The Bertz CT molecular complexity index is 1640. The summed E-state index contributed by atoms with van der Waals surface area (Å²) in [4.78, 5) is 39.5. The molecule has 5 rings (SSSR count). The van der Waals surface area contributed by atoms with Gasteiger partial charge in [-0.1, -0.05) is 18.2 Å². The average molecular weight is 612 g/mol. The molecule has 1 N–H and O–H groups in total. The minimum atomic E-state index is -4.81. The zero-order valence-corrected chi connectivity index (χ0v) is 22.8. The van der Waals surface area contributed by atoms with Crippen LogP contribution in [0.3, 0.4) is 0 Å². The van der Waals surface area contributed by atoms with Crippen LogP contribution in [-0.4, -0.2) is 54.4 Å². The minimum absolute atomic E-state index is 0.0502. The quantitative estimate of drug-likeness (QED) is 0.244. The molecular weight excluding hydrogens is 589 g/mol. The van der Waals surface area contributed by atoms with Gasteiger partial charge in [0.1, 0.15) is 12.7 Å². The van der Waals surface area contributed by atoms with Crippen LogP contribution in [0.15, 0.2) is 46.1 Å². The monoisotopic (exact) mass is 611 g/mol. The van der Waals surface area contributed by atoms with E-state index in [4.69, 9.17) is 4.74 Å². The number of hydrogen-bond acceptors (Lipinski definition) is 8. The van der Waals surface area contributed by atoms with Gasteiger partial charge >= 0.3 is 12.3 Å². The van der Waals surface area contributed by atoms with Crippen LogP contribution in [0.1, 0.15) is 34.1 Å². The third-order valence-electron chi connectivity index (χ3n) is 6.94. The van der Waals surface area contributed by atoms with Crippen molar-refractivity contribution in [3.8, 4) is 17.0 Å². The Kier molecular flexibility index (Phi) is 7.79. The lowest BCUT2D eigenvalue weighted by molar-refractivity contribution is -0.172. The number of rotatable bonds is 5. The number of fused-ring (bicyclic) bond motifs is 3. The van der Waals surface area contributed by atoms with Crippen molar-refractivity contribution < 1.29 is 45.8 Å². The zero-order chi connectivity index (χ0) is 30.3. The Morgan fingerprint density at radius 3 is 2.60 bits per heavy atom. The number of nitrogens with one attached hydrogen (secondary N) is 1. The fourth-order valence-corrected chi connectivity index (χ4v) is 5.86. The Morgan fingerprint density at radius 2 is 1.88 bits per heavy atom. The first kappa shape index (κ1) is 29.2. The lowest BCUT2D eigenvalue weighted by Crippen LogP contribution is -2.55. The van der Waals surface area contributed by atoms with Gasteiger partial charge in [-0.05, 0) is 36.6 Å². The molecule has 1 amide bonds. The van der Waals surface area contributed by atoms with Crippen molar-refractivity contribution >= 4 is 23.8 Å². The van der Waals surface area contributed by atoms with E-state index in [9.17, 15) is 27.6 Å². The number of alkyl halides is 3. The molecule has 1 aromatic heterocycles. The first-order valence-electron chi connectivity index (χ1n) is 12.4. The number of amides is 1. The van der Waals surface area contributed by atoms with E-state index >= 15 is 8.78 Å². The lowest BCUT2D eigenvalue weighted by atomic mass is 9.92. The predicted molar refractivity (Wildman–Crippen MR) is 140 cm³/mol. The van der Waals surface area contributed by atoms with E-state index in [-0.39, 0.29) is 29.0 Å². The minimum Gasteiger partial charge on any atom is -0.451 e. The van der Waals surface area contributed by atoms with Gasteiger partial charge in [-0.3, -0.25) is 9.59 Å². The van der Waals surface area contributed by atoms with E-state index in [2.05, 4.69) is 14.9 Å². The summed E-state index contributed by atoms with van der Waals surface area (Å²) in [6.45, 7) is -0.793. The molecule has 15 heteroatoms. The summed E-state index contributed by atoms with van der Waals surface area (Å²) in [5.41, 5.74) is 2.16. The summed E-state index contributed by atoms with van der Waals surface area (Å²) >= 11 is 1.30. The van der Waals surface area contributed by atoms with E-state index < -0.39 is 66.2 Å². The summed E-state index contributed by atoms with van der Waals surface area (Å²) in [6, 6.07) is 6.85. The number of benzene rings is 2. The summed E-state index contributed by atoms with van der Waals surface area (Å²) in [7, 11) is 1.01. The molecule has 0 aliphatic carbocycles. The molecule has 0 unspecified atom stereocenters. The van der Waals surface area contributed by atoms with Crippen molar-refractivity contribution in [1.29, 1.82) is 0 Å². The van der Waals surface area contributed by atoms with Crippen LogP contribution in [0.2, 0.25) is 0 Å². The summed E-state index contributed by atoms with van der Waals surface area (Å²) in [5, 5.41) is 0. The van der Waals surface area contributed by atoms with Gasteiger partial charge in [0.05, 0.1) is 12.8 Å². The molecule has 0 spiro atoms. The van der Waals surface area contributed by atoms with Crippen LogP contribution in [0.4, 0.5) is 26.7 Å². The lowest BCUT2D eigenvalue weighted by Gasteiger charge is -2.37. The molecule has 0 bridgehead atoms. The molecule has 2 aliphatic heterocycles. The Hall–Kier alpha value is -4.27. The van der Waals surface area contributed by atoms with Crippen molar-refractivity contribution in [2.45, 2.75) is 36.2 Å². The maximum absolute atomic E-state index is 15.1. The number of halogens is 5. The zero-order valence-electron chi connectivity index (χ0n) is 22.0. The first-order chi connectivity index (χ1) is 19.9. The van der Waals surface area contributed by atoms with Crippen LogP contribution in [-0.2, 0) is 21.6 Å². The second kappa shape index (κ2) is 11.2. The van der Waals surface area contributed by atoms with Crippen LogP contribution in [0.25, 0.3) is 11.3 Å². The van der Waals surface area contributed by atoms with Gasteiger partial charge in [0.2, 0.25) is 18.0 Å². The molecule has 9 nitrogen and oxygen atoms in total. The summed E-state index contributed by atoms with van der Waals surface area (Å²) in [6.07, 6.45) is -5.85. The van der Waals surface area contributed by atoms with E-state index in [1.165, 1.54) is 11.8 Å². The molecule has 1 atom stereocenters. The van der Waals surface area contributed by atoms with Gasteiger partial charge in [-0.25, -0.2) is 18.3 Å². The number of nitrogens with zero attached hydrogens (tertiary/aromatic N) is 2. The Labute approximate surface area is 239 Å². The highest BCUT2D eigenvalue weighted by molar-refractivity contribution is 7.98. The van der Waals surface area contributed by atoms with Crippen molar-refractivity contribution in [3.63, 3.8) is 0 Å². The molecule has 3 aromatic rings. The summed E-state index contributed by atoms with van der Waals surface area (Å²) < 4.78 is 86.1. The van der Waals surface area contributed by atoms with Gasteiger partial charge in [0.25, 0.3) is 5.91 Å². The number of aromatic nitrogens is 1. The van der Waals surface area contributed by atoms with Crippen LogP contribution in [0.5, 0.6) is 5.75 Å². The molecule has 3 heterocycles. The fourth-order valence-electron chi connectivity index (χ4n) is 4.76. The fraction of sp³-hybridized carbons (Fsp3) is 0.296. The summed E-state index contributed by atoms with van der Waals surface area (Å²) in [5.74, 6) is -4.17. The van der Waals surface area contributed by atoms with E-state index in [0.29, 0.717) is 10.5 Å². The molecule has 2 aromatic carbocycles. The molecular formula is C27H22F5N3O6S. The molecule has 0 saturated heterocycles. The second-order valence-corrected chi connectivity index (χ2v) is 10.3. The highest BCUT2D eigenvalue weighted by Gasteiger charge is 2.45. The molecule has 42 heavy (non-hydrogen) atoms. The second-order valence-electron chi connectivity index (χ2n) is 9.33. The van der Waals surface area contributed by atoms with Crippen molar-refractivity contribution in [2.24, 2.45) is 0 Å². The highest BCUT2D eigenvalue weighted by Crippen LogP contribution is 2.41. The normalized spacial score (nSPS) is 15.0. The predicted octanol–water partition coefficient (Wildman–Crippen LogP) is 5.02. The maximum Gasteiger partial charge on any atom is 0.510 e. The Balaban J connectivity index is 1.71. The third-order valence-corrected chi connectivity index (χ3v) is 8.09. The number of methoxy groups -OCH3 is 1. The van der Waals surface area contributed by atoms with Gasteiger partial charge in [0, 0.05) is 27.8 Å². The topological polar surface area (TPSA) is 99.1 Å². The number of thioether (sulfide) groups is 1. The SMILES string of the molecule is COC(=O)OCOc1c2n(c(-c3cc(F)c(F)c4c3Cc3ccccc3SC4)cc1=O)NCN([C@H](C)C(F)(F)F)C2=O.